The number of aromatic nitrogens is 4. The minimum absolute atomic E-state index is 0.964. The molecule has 0 saturated heterocycles. The molecule has 0 aliphatic carbocycles. The molecule has 0 saturated carbocycles. The third-order valence-electron chi connectivity index (χ3n) is 4.63. The lowest BCUT2D eigenvalue weighted by molar-refractivity contribution is 0.503. The van der Waals surface area contributed by atoms with Gasteiger partial charge in [0.15, 0.2) is 0 Å². The van der Waals surface area contributed by atoms with Gasteiger partial charge in [0, 0.05) is 6.54 Å². The van der Waals surface area contributed by atoms with Crippen LogP contribution in [0.2, 0.25) is 0 Å². The maximum Gasteiger partial charge on any atom is 0.138 e. The maximum absolute atomic E-state index is 3.88. The molecule has 1 rings (SSSR count). The van der Waals surface area contributed by atoms with Gasteiger partial charge in [-0.05, 0) is 16.8 Å². The van der Waals surface area contributed by atoms with Crippen LogP contribution in [0.25, 0.3) is 0 Å². The van der Waals surface area contributed by atoms with Gasteiger partial charge in [-0.2, -0.15) is 0 Å². The second kappa shape index (κ2) is 15.9. The van der Waals surface area contributed by atoms with Crippen LogP contribution in [0.5, 0.6) is 0 Å². The normalized spacial score (nSPS) is 11.2. The quantitative estimate of drug-likeness (QED) is 0.334. The van der Waals surface area contributed by atoms with E-state index in [2.05, 4.69) is 22.4 Å². The summed E-state index contributed by atoms with van der Waals surface area (Å²) in [7, 11) is 0. The molecule has 23 heavy (non-hydrogen) atoms. The van der Waals surface area contributed by atoms with Crippen molar-refractivity contribution in [2.24, 2.45) is 0 Å². The second-order valence-electron chi connectivity index (χ2n) is 6.88. The molecule has 0 N–H and O–H groups in total. The first-order chi connectivity index (χ1) is 11.4. The maximum atomic E-state index is 3.88. The van der Waals surface area contributed by atoms with Crippen molar-refractivity contribution in [3.05, 3.63) is 6.33 Å². The molecule has 4 nitrogen and oxygen atoms in total. The molecule has 0 unspecified atom stereocenters. The van der Waals surface area contributed by atoms with Crippen LogP contribution in [0.3, 0.4) is 0 Å². The Balaban J connectivity index is 1.67. The number of hydrogen-bond donors (Lipinski definition) is 0. The highest BCUT2D eigenvalue weighted by atomic mass is 15.5. The van der Waals surface area contributed by atoms with Crippen molar-refractivity contribution in [3.8, 4) is 0 Å². The fourth-order valence-corrected chi connectivity index (χ4v) is 3.10. The van der Waals surface area contributed by atoms with Gasteiger partial charge in [0.2, 0.25) is 0 Å². The molecule has 1 aromatic heterocycles. The van der Waals surface area contributed by atoms with E-state index in [1.807, 2.05) is 4.68 Å². The standard InChI is InChI=1S/C19H38N4/c1-2-3-4-5-6-7-8-9-10-11-12-13-14-15-16-17-18-23-19-20-21-22-23/h19H,2-18H2,1H3. The summed E-state index contributed by atoms with van der Waals surface area (Å²) in [5, 5.41) is 11.2. The summed E-state index contributed by atoms with van der Waals surface area (Å²) in [4.78, 5) is 0. The van der Waals surface area contributed by atoms with E-state index >= 15 is 0 Å². The lowest BCUT2D eigenvalue weighted by Gasteiger charge is -2.03. The van der Waals surface area contributed by atoms with Crippen molar-refractivity contribution in [1.29, 1.82) is 0 Å². The molecule has 0 amide bonds. The van der Waals surface area contributed by atoms with Crippen LogP contribution >= 0.6 is 0 Å². The Hall–Kier alpha value is -0.930. The van der Waals surface area contributed by atoms with Crippen molar-refractivity contribution in [1.82, 2.24) is 20.2 Å². The Morgan fingerprint density at radius 1 is 0.609 bits per heavy atom. The van der Waals surface area contributed by atoms with E-state index in [-0.39, 0.29) is 0 Å². The Morgan fingerprint density at radius 3 is 1.43 bits per heavy atom. The molecule has 4 heteroatoms. The summed E-state index contributed by atoms with van der Waals surface area (Å²) >= 11 is 0. The van der Waals surface area contributed by atoms with E-state index < -0.39 is 0 Å². The number of hydrogen-bond acceptors (Lipinski definition) is 3. The summed E-state index contributed by atoms with van der Waals surface area (Å²) in [6, 6.07) is 0. The second-order valence-corrected chi connectivity index (χ2v) is 6.88. The first-order valence-electron chi connectivity index (χ1n) is 10.1. The zero-order valence-electron chi connectivity index (χ0n) is 15.4. The molecule has 0 radical (unpaired) electrons. The SMILES string of the molecule is CCCCCCCCCCCCCCCCCCn1cnnn1. The minimum atomic E-state index is 0.964. The topological polar surface area (TPSA) is 43.6 Å². The first kappa shape index (κ1) is 20.1. The van der Waals surface area contributed by atoms with Gasteiger partial charge in [-0.25, -0.2) is 4.68 Å². The number of nitrogens with zero attached hydrogens (tertiary/aromatic N) is 4. The summed E-state index contributed by atoms with van der Waals surface area (Å²) in [6.45, 7) is 3.25. The molecule has 0 fully saturated rings. The highest BCUT2D eigenvalue weighted by molar-refractivity contribution is 4.51. The van der Waals surface area contributed by atoms with Crippen molar-refractivity contribution in [2.75, 3.05) is 0 Å². The molecule has 1 heterocycles. The molecule has 0 bridgehead atoms. The minimum Gasteiger partial charge on any atom is -0.233 e. The Bertz CT molecular complexity index is 324. The lowest BCUT2D eigenvalue weighted by atomic mass is 10.0. The molecular weight excluding hydrogens is 284 g/mol. The Kier molecular flexibility index (Phi) is 13.9. The van der Waals surface area contributed by atoms with Crippen molar-refractivity contribution in [2.45, 2.75) is 116 Å². The summed E-state index contributed by atoms with van der Waals surface area (Å²) in [5.74, 6) is 0. The molecule has 0 aliphatic rings. The van der Waals surface area contributed by atoms with Crippen molar-refractivity contribution in [3.63, 3.8) is 0 Å². The van der Waals surface area contributed by atoms with Gasteiger partial charge >= 0.3 is 0 Å². The molecule has 1 aromatic rings. The highest BCUT2D eigenvalue weighted by Crippen LogP contribution is 2.13. The number of unbranched alkanes of at least 4 members (excludes halogenated alkanes) is 15. The van der Waals surface area contributed by atoms with E-state index in [9.17, 15) is 0 Å². The average Bonchev–Trinajstić information content (AvgIpc) is 3.08. The number of tetrazole rings is 1. The Labute approximate surface area is 143 Å². The van der Waals surface area contributed by atoms with Crippen LogP contribution in [0.1, 0.15) is 110 Å². The summed E-state index contributed by atoms with van der Waals surface area (Å²) < 4.78 is 1.82. The zero-order valence-corrected chi connectivity index (χ0v) is 15.4. The van der Waals surface area contributed by atoms with Gasteiger partial charge in [0.1, 0.15) is 6.33 Å². The predicted octanol–water partition coefficient (Wildman–Crippen LogP) is 5.93. The van der Waals surface area contributed by atoms with E-state index in [0.717, 1.165) is 6.54 Å². The third-order valence-corrected chi connectivity index (χ3v) is 4.63. The number of aryl methyl sites for hydroxylation is 1. The molecule has 0 aliphatic heterocycles. The van der Waals surface area contributed by atoms with E-state index in [1.165, 1.54) is 103 Å². The van der Waals surface area contributed by atoms with E-state index in [0.29, 0.717) is 0 Å². The fraction of sp³-hybridized carbons (Fsp3) is 0.947. The zero-order chi connectivity index (χ0) is 16.4. The average molecular weight is 323 g/mol. The highest BCUT2D eigenvalue weighted by Gasteiger charge is 1.95. The monoisotopic (exact) mass is 322 g/mol. The molecular formula is C19H38N4. The van der Waals surface area contributed by atoms with E-state index in [1.54, 1.807) is 6.33 Å². The predicted molar refractivity (Wildman–Crippen MR) is 97.4 cm³/mol. The van der Waals surface area contributed by atoms with Crippen LogP contribution in [-0.4, -0.2) is 20.2 Å². The molecule has 134 valence electrons. The van der Waals surface area contributed by atoms with Gasteiger partial charge in [0.05, 0.1) is 0 Å². The smallest absolute Gasteiger partial charge is 0.138 e. The third kappa shape index (κ3) is 13.2. The van der Waals surface area contributed by atoms with Gasteiger partial charge in [0.25, 0.3) is 0 Å². The van der Waals surface area contributed by atoms with Crippen LogP contribution < -0.4 is 0 Å². The summed E-state index contributed by atoms with van der Waals surface area (Å²) in [6.07, 6.45) is 24.3. The van der Waals surface area contributed by atoms with Crippen LogP contribution in [0, 0.1) is 0 Å². The van der Waals surface area contributed by atoms with Crippen molar-refractivity contribution < 1.29 is 0 Å². The summed E-state index contributed by atoms with van der Waals surface area (Å²) in [5.41, 5.74) is 0. The molecule has 0 spiro atoms. The lowest BCUT2D eigenvalue weighted by Crippen LogP contribution is -1.98. The van der Waals surface area contributed by atoms with Gasteiger partial charge in [-0.1, -0.05) is 103 Å². The first-order valence-corrected chi connectivity index (χ1v) is 10.1. The van der Waals surface area contributed by atoms with E-state index in [4.69, 9.17) is 0 Å². The van der Waals surface area contributed by atoms with Crippen LogP contribution in [0.4, 0.5) is 0 Å². The van der Waals surface area contributed by atoms with Gasteiger partial charge in [-0.15, -0.1) is 5.10 Å². The van der Waals surface area contributed by atoms with Gasteiger partial charge < -0.3 is 0 Å². The largest absolute Gasteiger partial charge is 0.233 e. The molecule has 0 aromatic carbocycles. The van der Waals surface area contributed by atoms with Gasteiger partial charge in [-0.3, -0.25) is 0 Å². The van der Waals surface area contributed by atoms with Crippen LogP contribution in [0.15, 0.2) is 6.33 Å². The number of rotatable bonds is 17. The van der Waals surface area contributed by atoms with Crippen LogP contribution in [-0.2, 0) is 6.54 Å². The Morgan fingerprint density at radius 2 is 1.04 bits per heavy atom. The molecule has 0 atom stereocenters. The van der Waals surface area contributed by atoms with Crippen molar-refractivity contribution >= 4 is 0 Å². The fourth-order valence-electron chi connectivity index (χ4n) is 3.10.